The molecule has 1 unspecified atom stereocenters. The van der Waals surface area contributed by atoms with E-state index in [1.165, 1.54) is 13.2 Å². The summed E-state index contributed by atoms with van der Waals surface area (Å²) in [7, 11) is 1.32. The summed E-state index contributed by atoms with van der Waals surface area (Å²) in [5.41, 5.74) is 0.389. The number of aromatic nitrogens is 1. The Morgan fingerprint density at radius 3 is 2.55 bits per heavy atom. The smallest absolute Gasteiger partial charge is 0.317 e. The fourth-order valence-electron chi connectivity index (χ4n) is 2.14. The first-order valence-electron chi connectivity index (χ1n) is 6.83. The number of amides is 1. The summed E-state index contributed by atoms with van der Waals surface area (Å²) in [4.78, 5) is 24.2. The lowest BCUT2D eigenvalue weighted by atomic mass is 9.82. The number of benzene rings is 1. The van der Waals surface area contributed by atoms with Gasteiger partial charge in [-0.1, -0.05) is 35.5 Å². The molecule has 0 aliphatic heterocycles. The molecule has 0 aliphatic rings. The lowest BCUT2D eigenvalue weighted by Crippen LogP contribution is -2.45. The zero-order chi connectivity index (χ0) is 16.2. The number of carbonyl (C=O) groups is 2. The van der Waals surface area contributed by atoms with E-state index >= 15 is 0 Å². The molecule has 0 spiro atoms. The lowest BCUT2D eigenvalue weighted by Gasteiger charge is -2.27. The maximum absolute atomic E-state index is 12.2. The van der Waals surface area contributed by atoms with Gasteiger partial charge in [-0.2, -0.15) is 0 Å². The first-order chi connectivity index (χ1) is 10.5. The molecule has 1 atom stereocenters. The standard InChI is InChI=1S/C16H18N2O4/c1-11-9-13(22-18-11)14(19)17-10-16(2,15(20)21-3)12-7-5-4-6-8-12/h4-9H,10H2,1-3H3,(H,17,19). The normalized spacial score (nSPS) is 13.2. The van der Waals surface area contributed by atoms with Gasteiger partial charge in [-0.3, -0.25) is 9.59 Å². The zero-order valence-corrected chi connectivity index (χ0v) is 12.8. The van der Waals surface area contributed by atoms with Crippen LogP contribution >= 0.6 is 0 Å². The van der Waals surface area contributed by atoms with E-state index in [1.807, 2.05) is 30.3 Å². The van der Waals surface area contributed by atoms with Crippen LogP contribution in [0.4, 0.5) is 0 Å². The van der Waals surface area contributed by atoms with E-state index in [9.17, 15) is 9.59 Å². The van der Waals surface area contributed by atoms with Crippen LogP contribution in [0.2, 0.25) is 0 Å². The van der Waals surface area contributed by atoms with E-state index in [2.05, 4.69) is 10.5 Å². The number of rotatable bonds is 5. The van der Waals surface area contributed by atoms with Crippen LogP contribution in [0.5, 0.6) is 0 Å². The summed E-state index contributed by atoms with van der Waals surface area (Å²) in [6.07, 6.45) is 0. The molecule has 22 heavy (non-hydrogen) atoms. The average Bonchev–Trinajstić information content (AvgIpc) is 2.98. The molecular formula is C16H18N2O4. The fourth-order valence-corrected chi connectivity index (χ4v) is 2.14. The Hall–Kier alpha value is -2.63. The van der Waals surface area contributed by atoms with Gasteiger partial charge in [0.15, 0.2) is 0 Å². The van der Waals surface area contributed by atoms with Crippen molar-refractivity contribution < 1.29 is 18.8 Å². The SMILES string of the molecule is COC(=O)C(C)(CNC(=O)c1cc(C)no1)c1ccccc1. The van der Waals surface area contributed by atoms with E-state index in [0.717, 1.165) is 5.56 Å². The number of esters is 1. The number of methoxy groups -OCH3 is 1. The number of hydrogen-bond acceptors (Lipinski definition) is 5. The summed E-state index contributed by atoms with van der Waals surface area (Å²) in [6, 6.07) is 10.7. The number of nitrogens with one attached hydrogen (secondary N) is 1. The zero-order valence-electron chi connectivity index (χ0n) is 12.8. The summed E-state index contributed by atoms with van der Waals surface area (Å²) < 4.78 is 9.79. The Morgan fingerprint density at radius 2 is 2.00 bits per heavy atom. The molecule has 6 heteroatoms. The predicted molar refractivity (Wildman–Crippen MR) is 79.4 cm³/mol. The highest BCUT2D eigenvalue weighted by Gasteiger charge is 2.37. The molecule has 2 rings (SSSR count). The quantitative estimate of drug-likeness (QED) is 0.852. The molecule has 1 N–H and O–H groups in total. The number of ether oxygens (including phenoxy) is 1. The van der Waals surface area contributed by atoms with Gasteiger partial charge in [0.25, 0.3) is 5.91 Å². The van der Waals surface area contributed by atoms with Gasteiger partial charge < -0.3 is 14.6 Å². The van der Waals surface area contributed by atoms with Crippen LogP contribution in [0.1, 0.15) is 28.7 Å². The van der Waals surface area contributed by atoms with Crippen molar-refractivity contribution in [2.45, 2.75) is 19.3 Å². The van der Waals surface area contributed by atoms with Gasteiger partial charge in [0.2, 0.25) is 5.76 Å². The highest BCUT2D eigenvalue weighted by atomic mass is 16.5. The number of carbonyl (C=O) groups excluding carboxylic acids is 2. The fraction of sp³-hybridized carbons (Fsp3) is 0.312. The van der Waals surface area contributed by atoms with Gasteiger partial charge in [0.05, 0.1) is 12.8 Å². The van der Waals surface area contributed by atoms with E-state index in [4.69, 9.17) is 9.26 Å². The topological polar surface area (TPSA) is 81.4 Å². The van der Waals surface area contributed by atoms with Crippen molar-refractivity contribution in [3.8, 4) is 0 Å². The Kier molecular flexibility index (Phi) is 4.60. The van der Waals surface area contributed by atoms with Crippen molar-refractivity contribution in [2.75, 3.05) is 13.7 Å². The Balaban J connectivity index is 2.18. The molecule has 2 aromatic rings. The molecule has 0 saturated heterocycles. The molecule has 1 aromatic carbocycles. The molecular weight excluding hydrogens is 284 g/mol. The third-order valence-electron chi connectivity index (χ3n) is 3.50. The first kappa shape index (κ1) is 15.8. The largest absolute Gasteiger partial charge is 0.468 e. The number of hydrogen-bond donors (Lipinski definition) is 1. The van der Waals surface area contributed by atoms with Gasteiger partial charge in [0.1, 0.15) is 5.41 Å². The van der Waals surface area contributed by atoms with Crippen LogP contribution in [-0.4, -0.2) is 30.7 Å². The van der Waals surface area contributed by atoms with Crippen molar-refractivity contribution >= 4 is 11.9 Å². The second-order valence-corrected chi connectivity index (χ2v) is 5.20. The maximum Gasteiger partial charge on any atom is 0.317 e. The number of nitrogens with zero attached hydrogens (tertiary/aromatic N) is 1. The third-order valence-corrected chi connectivity index (χ3v) is 3.50. The highest BCUT2D eigenvalue weighted by molar-refractivity contribution is 5.92. The third kappa shape index (κ3) is 3.16. The summed E-state index contributed by atoms with van der Waals surface area (Å²) in [6.45, 7) is 3.53. The predicted octanol–water partition coefficient (Wildman–Crippen LogP) is 1.84. The van der Waals surface area contributed by atoms with E-state index in [1.54, 1.807) is 13.8 Å². The van der Waals surface area contributed by atoms with Gasteiger partial charge in [-0.25, -0.2) is 0 Å². The first-order valence-corrected chi connectivity index (χ1v) is 6.83. The molecule has 0 radical (unpaired) electrons. The molecule has 0 bridgehead atoms. The van der Waals surface area contributed by atoms with Gasteiger partial charge in [0, 0.05) is 12.6 Å². The minimum absolute atomic E-state index is 0.0856. The van der Waals surface area contributed by atoms with Crippen molar-refractivity contribution in [3.05, 3.63) is 53.4 Å². The van der Waals surface area contributed by atoms with Gasteiger partial charge in [-0.15, -0.1) is 0 Å². The van der Waals surface area contributed by atoms with Crippen molar-refractivity contribution in [2.24, 2.45) is 0 Å². The monoisotopic (exact) mass is 302 g/mol. The summed E-state index contributed by atoms with van der Waals surface area (Å²) in [5.74, 6) is -0.739. The highest BCUT2D eigenvalue weighted by Crippen LogP contribution is 2.24. The average molecular weight is 302 g/mol. The Labute approximate surface area is 128 Å². The minimum Gasteiger partial charge on any atom is -0.468 e. The van der Waals surface area contributed by atoms with Crippen LogP contribution in [0.3, 0.4) is 0 Å². The van der Waals surface area contributed by atoms with E-state index < -0.39 is 17.3 Å². The van der Waals surface area contributed by atoms with Gasteiger partial charge in [-0.05, 0) is 19.4 Å². The Bertz CT molecular complexity index is 666. The second-order valence-electron chi connectivity index (χ2n) is 5.20. The minimum atomic E-state index is -0.985. The second kappa shape index (κ2) is 6.43. The number of aryl methyl sites for hydroxylation is 1. The van der Waals surface area contributed by atoms with E-state index in [0.29, 0.717) is 5.69 Å². The summed E-state index contributed by atoms with van der Waals surface area (Å²) in [5, 5.41) is 6.36. The van der Waals surface area contributed by atoms with Crippen LogP contribution in [-0.2, 0) is 14.9 Å². The molecule has 1 amide bonds. The molecule has 116 valence electrons. The Morgan fingerprint density at radius 1 is 1.32 bits per heavy atom. The molecule has 1 heterocycles. The molecule has 1 aromatic heterocycles. The van der Waals surface area contributed by atoms with Gasteiger partial charge >= 0.3 is 5.97 Å². The van der Waals surface area contributed by atoms with Crippen LogP contribution in [0.15, 0.2) is 40.9 Å². The molecule has 6 nitrogen and oxygen atoms in total. The van der Waals surface area contributed by atoms with Crippen molar-refractivity contribution in [3.63, 3.8) is 0 Å². The molecule has 0 aliphatic carbocycles. The maximum atomic E-state index is 12.2. The van der Waals surface area contributed by atoms with Crippen molar-refractivity contribution in [1.29, 1.82) is 0 Å². The summed E-state index contributed by atoms with van der Waals surface area (Å²) >= 11 is 0. The van der Waals surface area contributed by atoms with E-state index in [-0.39, 0.29) is 12.3 Å². The lowest BCUT2D eigenvalue weighted by molar-refractivity contribution is -0.146. The molecule has 0 fully saturated rings. The van der Waals surface area contributed by atoms with Crippen LogP contribution < -0.4 is 5.32 Å². The van der Waals surface area contributed by atoms with Crippen LogP contribution in [0, 0.1) is 6.92 Å². The van der Waals surface area contributed by atoms with Crippen LogP contribution in [0.25, 0.3) is 0 Å². The van der Waals surface area contributed by atoms with Crippen molar-refractivity contribution in [1.82, 2.24) is 10.5 Å². The molecule has 0 saturated carbocycles.